The fourth-order valence-corrected chi connectivity index (χ4v) is 3.91. The van der Waals surface area contributed by atoms with E-state index in [-0.39, 0.29) is 11.8 Å². The number of rotatable bonds is 1. The molecule has 1 unspecified atom stereocenters. The number of pyridine rings is 1. The summed E-state index contributed by atoms with van der Waals surface area (Å²) >= 11 is 0. The molecule has 0 spiro atoms. The number of hydrogen-bond acceptors (Lipinski definition) is 3. The fourth-order valence-electron chi connectivity index (χ4n) is 3.91. The molecule has 1 N–H and O–H groups in total. The minimum absolute atomic E-state index is 0.165. The normalized spacial score (nSPS) is 22.0. The van der Waals surface area contributed by atoms with Crippen LogP contribution in [0.15, 0.2) is 36.2 Å². The largest absolute Gasteiger partial charge is 0.503 e. The molecule has 2 aliphatic heterocycles. The maximum absolute atomic E-state index is 13.7. The molecule has 0 fully saturated rings. The lowest BCUT2D eigenvalue weighted by Crippen LogP contribution is -2.49. The molecule has 1 atom stereocenters. The summed E-state index contributed by atoms with van der Waals surface area (Å²) in [5, 5.41) is 20.8. The van der Waals surface area contributed by atoms with Crippen LogP contribution >= 0.6 is 0 Å². The van der Waals surface area contributed by atoms with Gasteiger partial charge in [-0.15, -0.1) is 0 Å². The third-order valence-electron chi connectivity index (χ3n) is 5.17. The second-order valence-electron chi connectivity index (χ2n) is 6.63. The molecule has 4 nitrogen and oxygen atoms in total. The molecule has 0 amide bonds. The van der Waals surface area contributed by atoms with Crippen molar-refractivity contribution in [1.29, 1.82) is 5.26 Å². The van der Waals surface area contributed by atoms with Gasteiger partial charge in [-0.05, 0) is 32.0 Å². The van der Waals surface area contributed by atoms with E-state index < -0.39 is 5.82 Å². The van der Waals surface area contributed by atoms with Crippen LogP contribution < -0.4 is 0 Å². The van der Waals surface area contributed by atoms with E-state index >= 15 is 0 Å². The molecule has 2 aromatic rings. The molecular weight excluding hydrogens is 305 g/mol. The number of aliphatic hydroxyl groups is 1. The topological polar surface area (TPSA) is 56.9 Å². The summed E-state index contributed by atoms with van der Waals surface area (Å²) in [6.45, 7) is 4.97. The van der Waals surface area contributed by atoms with Crippen molar-refractivity contribution >= 4 is 16.6 Å². The lowest BCUT2D eigenvalue weighted by Gasteiger charge is -2.41. The van der Waals surface area contributed by atoms with Crippen molar-refractivity contribution in [3.05, 3.63) is 58.9 Å². The van der Waals surface area contributed by atoms with Gasteiger partial charge in [-0.1, -0.05) is 0 Å². The highest BCUT2D eigenvalue weighted by molar-refractivity contribution is 5.91. The van der Waals surface area contributed by atoms with Crippen LogP contribution in [0.3, 0.4) is 0 Å². The Morgan fingerprint density at radius 1 is 1.38 bits per heavy atom. The first kappa shape index (κ1) is 14.9. The Bertz CT molecular complexity index is 984. The van der Waals surface area contributed by atoms with E-state index in [2.05, 4.69) is 24.9 Å². The standard InChI is InChI=1S/C19H16FN3O/c1-11(2)23-7-5-16-18(19(23)17(24)6-8-23)14(10-21)13-9-12(20)3-4-15(13)22-16/h3-4,6,8-9,11H,5,7H2,1-2H3/p+1. The van der Waals surface area contributed by atoms with Gasteiger partial charge in [0.1, 0.15) is 18.1 Å². The Balaban J connectivity index is 2.12. The van der Waals surface area contributed by atoms with Crippen LogP contribution in [0.4, 0.5) is 4.39 Å². The molecule has 0 radical (unpaired) electrons. The summed E-state index contributed by atoms with van der Waals surface area (Å²) in [5.74, 6) is -0.234. The Morgan fingerprint density at radius 2 is 2.17 bits per heavy atom. The number of halogens is 1. The molecule has 0 bridgehead atoms. The molecule has 1 aromatic carbocycles. The average molecular weight is 322 g/mol. The zero-order valence-electron chi connectivity index (χ0n) is 13.5. The average Bonchev–Trinajstić information content (AvgIpc) is 2.91. The zero-order valence-corrected chi connectivity index (χ0v) is 13.5. The molecule has 3 heterocycles. The van der Waals surface area contributed by atoms with Gasteiger partial charge in [0.15, 0.2) is 11.5 Å². The third-order valence-corrected chi connectivity index (χ3v) is 5.17. The summed E-state index contributed by atoms with van der Waals surface area (Å²) in [7, 11) is 0. The van der Waals surface area contributed by atoms with E-state index in [4.69, 9.17) is 0 Å². The Hall–Kier alpha value is -2.71. The summed E-state index contributed by atoms with van der Waals surface area (Å²) in [6.07, 6.45) is 4.38. The van der Waals surface area contributed by atoms with Crippen molar-refractivity contribution in [2.24, 2.45) is 0 Å². The SMILES string of the molecule is CC(C)[N+]12C=CC(O)=C1c1c(nc3ccc(F)cc3c1C#N)CC2. The van der Waals surface area contributed by atoms with Crippen LogP contribution in [0, 0.1) is 17.1 Å². The highest BCUT2D eigenvalue weighted by atomic mass is 19.1. The Labute approximate surface area is 139 Å². The lowest BCUT2D eigenvalue weighted by atomic mass is 9.91. The molecule has 5 heteroatoms. The van der Waals surface area contributed by atoms with Gasteiger partial charge in [0.2, 0.25) is 0 Å². The van der Waals surface area contributed by atoms with E-state index in [1.54, 1.807) is 12.1 Å². The Morgan fingerprint density at radius 3 is 2.88 bits per heavy atom. The molecule has 4 rings (SSSR count). The molecule has 0 aliphatic carbocycles. The first-order chi connectivity index (χ1) is 11.5. The lowest BCUT2D eigenvalue weighted by molar-refractivity contribution is -0.830. The zero-order chi connectivity index (χ0) is 17.1. The predicted octanol–water partition coefficient (Wildman–Crippen LogP) is 3.78. The van der Waals surface area contributed by atoms with Crippen molar-refractivity contribution in [3.8, 4) is 6.07 Å². The number of aliphatic hydroxyl groups excluding tert-OH is 1. The van der Waals surface area contributed by atoms with Crippen molar-refractivity contribution < 1.29 is 14.0 Å². The van der Waals surface area contributed by atoms with Crippen LogP contribution in [0.25, 0.3) is 16.6 Å². The number of nitriles is 1. The fraction of sp³-hybridized carbons (Fsp3) is 0.263. The number of nitrogens with zero attached hydrogens (tertiary/aromatic N) is 3. The van der Waals surface area contributed by atoms with E-state index in [0.29, 0.717) is 38.6 Å². The second-order valence-corrected chi connectivity index (χ2v) is 6.63. The van der Waals surface area contributed by atoms with Crippen molar-refractivity contribution in [2.45, 2.75) is 26.3 Å². The third kappa shape index (κ3) is 1.78. The highest BCUT2D eigenvalue weighted by Gasteiger charge is 2.46. The van der Waals surface area contributed by atoms with Gasteiger partial charge in [0.25, 0.3) is 0 Å². The van der Waals surface area contributed by atoms with Gasteiger partial charge >= 0.3 is 0 Å². The quantitative estimate of drug-likeness (QED) is 0.813. The van der Waals surface area contributed by atoms with Gasteiger partial charge in [-0.2, -0.15) is 5.26 Å². The maximum Gasteiger partial charge on any atom is 0.190 e. The minimum Gasteiger partial charge on any atom is -0.503 e. The second kappa shape index (κ2) is 4.89. The first-order valence-corrected chi connectivity index (χ1v) is 8.01. The van der Waals surface area contributed by atoms with Gasteiger partial charge in [0.05, 0.1) is 34.9 Å². The molecule has 24 heavy (non-hydrogen) atoms. The van der Waals surface area contributed by atoms with Crippen LogP contribution in [0.2, 0.25) is 0 Å². The molecule has 1 aromatic heterocycles. The molecule has 120 valence electrons. The first-order valence-electron chi connectivity index (χ1n) is 8.01. The van der Waals surface area contributed by atoms with E-state index in [1.807, 2.05) is 6.20 Å². The van der Waals surface area contributed by atoms with Gasteiger partial charge in [-0.25, -0.2) is 4.39 Å². The maximum atomic E-state index is 13.7. The molecular formula is C19H17FN3O+. The molecule has 0 saturated heterocycles. The van der Waals surface area contributed by atoms with E-state index in [1.165, 1.54) is 12.1 Å². The minimum atomic E-state index is -0.399. The van der Waals surface area contributed by atoms with Crippen molar-refractivity contribution in [3.63, 3.8) is 0 Å². The molecule has 2 aliphatic rings. The van der Waals surface area contributed by atoms with Gasteiger partial charge in [-0.3, -0.25) is 9.47 Å². The van der Waals surface area contributed by atoms with Crippen LogP contribution in [-0.2, 0) is 6.42 Å². The summed E-state index contributed by atoms with van der Waals surface area (Å²) < 4.78 is 14.2. The smallest absolute Gasteiger partial charge is 0.190 e. The molecule has 0 saturated carbocycles. The number of hydrogen-bond donors (Lipinski definition) is 1. The summed E-state index contributed by atoms with van der Waals surface area (Å²) in [4.78, 5) is 4.65. The summed E-state index contributed by atoms with van der Waals surface area (Å²) in [6, 6.07) is 6.74. The van der Waals surface area contributed by atoms with Crippen LogP contribution in [0.5, 0.6) is 0 Å². The van der Waals surface area contributed by atoms with Crippen LogP contribution in [-0.4, -0.2) is 27.2 Å². The monoisotopic (exact) mass is 322 g/mol. The predicted molar refractivity (Wildman–Crippen MR) is 89.1 cm³/mol. The van der Waals surface area contributed by atoms with Crippen molar-refractivity contribution in [1.82, 2.24) is 4.98 Å². The number of benzene rings is 1. The number of quaternary nitrogens is 1. The number of fused-ring (bicyclic) bond motifs is 4. The number of aromatic nitrogens is 1. The van der Waals surface area contributed by atoms with Gasteiger partial charge in [0, 0.05) is 17.9 Å². The van der Waals surface area contributed by atoms with Gasteiger partial charge < -0.3 is 5.11 Å². The van der Waals surface area contributed by atoms with Crippen molar-refractivity contribution in [2.75, 3.05) is 6.54 Å². The number of allylic oxidation sites excluding steroid dienone is 1. The summed E-state index contributed by atoms with van der Waals surface area (Å²) in [5.41, 5.74) is 3.18. The van der Waals surface area contributed by atoms with E-state index in [0.717, 1.165) is 12.2 Å². The van der Waals surface area contributed by atoms with Crippen LogP contribution in [0.1, 0.15) is 30.7 Å². The van der Waals surface area contributed by atoms with E-state index in [9.17, 15) is 14.8 Å². The Kier molecular flexibility index (Phi) is 3.03. The highest BCUT2D eigenvalue weighted by Crippen LogP contribution is 2.45.